The van der Waals surface area contributed by atoms with E-state index >= 15 is 0 Å². The Balaban J connectivity index is 2.73. The van der Waals surface area contributed by atoms with Crippen molar-refractivity contribution in [2.45, 2.75) is 50.5 Å². The van der Waals surface area contributed by atoms with E-state index in [1.54, 1.807) is 20.8 Å². The Labute approximate surface area is 167 Å². The predicted octanol–water partition coefficient (Wildman–Crippen LogP) is -0.596. The second kappa shape index (κ2) is 9.20. The molecule has 14 heteroatoms. The van der Waals surface area contributed by atoms with E-state index in [2.05, 4.69) is 5.32 Å². The van der Waals surface area contributed by atoms with E-state index in [9.17, 15) is 24.1 Å². The molecule has 0 saturated carbocycles. The van der Waals surface area contributed by atoms with Crippen molar-refractivity contribution in [1.82, 2.24) is 5.32 Å². The van der Waals surface area contributed by atoms with Crippen LogP contribution in [-0.4, -0.2) is 59.2 Å². The molecule has 29 heavy (non-hydrogen) atoms. The topological polar surface area (TPSA) is 198 Å². The molecule has 1 atom stereocenters. The van der Waals surface area contributed by atoms with E-state index in [0.29, 0.717) is 0 Å². The number of amides is 1. The normalized spacial score (nSPS) is 14.4. The maximum atomic E-state index is 11.6. The molecule has 1 amide bonds. The van der Waals surface area contributed by atoms with Gasteiger partial charge in [-0.3, -0.25) is 9.13 Å². The molecule has 0 aliphatic heterocycles. The molecule has 1 heterocycles. The number of aliphatic hydroxyl groups excluding tert-OH is 1. The molecule has 12 nitrogen and oxygen atoms in total. The van der Waals surface area contributed by atoms with Gasteiger partial charge in [-0.15, -0.1) is 0 Å². The van der Waals surface area contributed by atoms with Crippen LogP contribution in [0.5, 0.6) is 0 Å². The molecule has 0 aromatic carbocycles. The molecule has 1 aromatic heterocycles. The van der Waals surface area contributed by atoms with Crippen molar-refractivity contribution < 1.29 is 53.0 Å². The second-order valence-corrected chi connectivity index (χ2v) is 11.5. The number of hydrogen-bond acceptors (Lipinski definition) is 6. The molecule has 1 rings (SSSR count). The van der Waals surface area contributed by atoms with E-state index in [0.717, 1.165) is 0 Å². The van der Waals surface area contributed by atoms with Gasteiger partial charge in [0.15, 0.2) is 18.9 Å². The number of aliphatic hydroxyl groups is 2. The van der Waals surface area contributed by atoms with Gasteiger partial charge in [-0.05, 0) is 26.3 Å². The average Bonchev–Trinajstić information content (AvgIpc) is 2.51. The third kappa shape index (κ3) is 7.76. The highest BCUT2D eigenvalue weighted by atomic mass is 31.2. The summed E-state index contributed by atoms with van der Waals surface area (Å²) in [4.78, 5) is 48.2. The number of pyridine rings is 1. The van der Waals surface area contributed by atoms with E-state index in [4.69, 9.17) is 24.3 Å². The van der Waals surface area contributed by atoms with Crippen LogP contribution in [-0.2, 0) is 26.8 Å². The number of nitrogens with one attached hydrogen (secondary N) is 1. The zero-order valence-corrected chi connectivity index (χ0v) is 18.0. The third-order valence-corrected chi connectivity index (χ3v) is 7.38. The van der Waals surface area contributed by atoms with Crippen molar-refractivity contribution in [3.05, 3.63) is 30.1 Å². The van der Waals surface area contributed by atoms with Gasteiger partial charge >= 0.3 is 21.3 Å². The molecule has 0 spiro atoms. The van der Waals surface area contributed by atoms with Crippen molar-refractivity contribution in [2.24, 2.45) is 0 Å². The molecule has 0 fully saturated rings. The van der Waals surface area contributed by atoms with Gasteiger partial charge in [-0.25, -0.2) is 9.36 Å². The highest BCUT2D eigenvalue weighted by Gasteiger charge is 2.59. The zero-order valence-electron chi connectivity index (χ0n) is 16.2. The lowest BCUT2D eigenvalue weighted by atomic mass is 10.2. The smallest absolute Gasteiger partial charge is 0.407 e. The van der Waals surface area contributed by atoms with Crippen LogP contribution in [0.15, 0.2) is 24.5 Å². The predicted molar refractivity (Wildman–Crippen MR) is 99.6 cm³/mol. The van der Waals surface area contributed by atoms with Gasteiger partial charge in [0.05, 0.1) is 6.54 Å². The monoisotopic (exact) mass is 457 g/mol. The number of aromatic nitrogens is 1. The van der Waals surface area contributed by atoms with E-state index in [-0.39, 0.29) is 18.7 Å². The fraction of sp³-hybridized carbons (Fsp3) is 0.600. The molecule has 7 N–H and O–H groups in total. The minimum Gasteiger partial charge on any atom is -0.444 e. The first kappa shape index (κ1) is 25.7. The molecule has 166 valence electrons. The summed E-state index contributed by atoms with van der Waals surface area (Å²) in [7, 11) is -11.1. The second-order valence-electron chi connectivity index (χ2n) is 7.48. The molecule has 0 radical (unpaired) electrons. The Kier molecular flexibility index (Phi) is 8.14. The Morgan fingerprint density at radius 3 is 2.03 bits per heavy atom. The summed E-state index contributed by atoms with van der Waals surface area (Å²) in [6, 6.07) is 2.56. The Morgan fingerprint density at radius 1 is 1.14 bits per heavy atom. The Morgan fingerprint density at radius 2 is 1.62 bits per heavy atom. The fourth-order valence-corrected chi connectivity index (χ4v) is 4.34. The summed E-state index contributed by atoms with van der Waals surface area (Å²) in [5, 5.41) is 18.8. The lowest BCUT2D eigenvalue weighted by Crippen LogP contribution is -2.45. The number of ether oxygens (including phenoxy) is 1. The minimum atomic E-state index is -5.55. The third-order valence-electron chi connectivity index (χ3n) is 3.64. The molecule has 1 aromatic rings. The van der Waals surface area contributed by atoms with Crippen LogP contribution in [0.3, 0.4) is 0 Å². The molecular formula is C15H27N2O10P2+. The summed E-state index contributed by atoms with van der Waals surface area (Å²) in [6.45, 7) is 5.03. The van der Waals surface area contributed by atoms with Crippen molar-refractivity contribution in [1.29, 1.82) is 0 Å². The van der Waals surface area contributed by atoms with Gasteiger partial charge in [0.1, 0.15) is 11.7 Å². The lowest BCUT2D eigenvalue weighted by Gasteiger charge is -2.29. The fourth-order valence-electron chi connectivity index (χ4n) is 2.20. The van der Waals surface area contributed by atoms with Gasteiger partial charge in [-0.1, -0.05) is 0 Å². The lowest BCUT2D eigenvalue weighted by molar-refractivity contribution is -0.703. The maximum absolute atomic E-state index is 11.6. The first-order chi connectivity index (χ1) is 12.9. The number of carbonyl (C=O) groups is 1. The average molecular weight is 457 g/mol. The van der Waals surface area contributed by atoms with Crippen LogP contribution >= 0.6 is 15.2 Å². The van der Waals surface area contributed by atoms with Gasteiger partial charge < -0.3 is 39.8 Å². The first-order valence-corrected chi connectivity index (χ1v) is 11.6. The number of hydrogen-bond donors (Lipinski definition) is 7. The largest absolute Gasteiger partial charge is 0.444 e. The quantitative estimate of drug-likeness (QED) is 0.195. The zero-order chi connectivity index (χ0) is 22.7. The molecule has 0 saturated heterocycles. The van der Waals surface area contributed by atoms with Crippen LogP contribution in [0.25, 0.3) is 0 Å². The molecule has 0 aliphatic carbocycles. The Bertz CT molecular complexity index is 774. The van der Waals surface area contributed by atoms with Crippen LogP contribution in [0, 0.1) is 0 Å². The summed E-state index contributed by atoms with van der Waals surface area (Å²) in [5.74, 6) is 0. The van der Waals surface area contributed by atoms with Crippen molar-refractivity contribution in [3.63, 3.8) is 0 Å². The summed E-state index contributed by atoms with van der Waals surface area (Å²) < 4.78 is 29.3. The number of carbonyl (C=O) groups excluding carboxylic acids is 1. The first-order valence-electron chi connectivity index (χ1n) is 8.41. The van der Waals surface area contributed by atoms with Gasteiger partial charge in [-0.2, -0.15) is 0 Å². The van der Waals surface area contributed by atoms with Crippen LogP contribution in [0.4, 0.5) is 4.79 Å². The molecule has 0 bridgehead atoms. The highest BCUT2D eigenvalue weighted by Crippen LogP contribution is 2.68. The summed E-state index contributed by atoms with van der Waals surface area (Å²) >= 11 is 0. The minimum absolute atomic E-state index is 0.0390. The van der Waals surface area contributed by atoms with E-state index < -0.39 is 44.5 Å². The van der Waals surface area contributed by atoms with Crippen molar-refractivity contribution in [2.75, 3.05) is 6.54 Å². The van der Waals surface area contributed by atoms with Crippen LogP contribution in [0.1, 0.15) is 26.3 Å². The van der Waals surface area contributed by atoms with Crippen molar-refractivity contribution in [3.8, 4) is 0 Å². The van der Waals surface area contributed by atoms with Gasteiger partial charge in [0.25, 0.3) is 5.08 Å². The van der Waals surface area contributed by atoms with Gasteiger partial charge in [0.2, 0.25) is 0 Å². The molecule has 1 unspecified atom stereocenters. The summed E-state index contributed by atoms with van der Waals surface area (Å²) in [5.41, 5.74) is -0.626. The summed E-state index contributed by atoms with van der Waals surface area (Å²) in [6.07, 6.45) is 0.106. The molecular weight excluding hydrogens is 430 g/mol. The van der Waals surface area contributed by atoms with E-state index in [1.807, 2.05) is 0 Å². The van der Waals surface area contributed by atoms with Crippen LogP contribution < -0.4 is 9.88 Å². The standard InChI is InChI=1S/C15H26N2O10P2/c1-14(2,3)27-13(19)16-9-12(18)10-17-6-4-11(5-7-17)8-15(20,28(21,22)23)29(24,25)26/h4-7,12,18,20H,8-10H2,1-3H3,(H4-,16,19,21,22,23,24,25,26)/p+1. The molecule has 0 aliphatic rings. The van der Waals surface area contributed by atoms with Gasteiger partial charge in [0, 0.05) is 18.6 Å². The van der Waals surface area contributed by atoms with Crippen molar-refractivity contribution >= 4 is 21.3 Å². The highest BCUT2D eigenvalue weighted by molar-refractivity contribution is 7.72. The van der Waals surface area contributed by atoms with E-state index in [1.165, 1.54) is 29.1 Å². The SMILES string of the molecule is CC(C)(C)OC(=O)NCC(O)C[n+]1ccc(CC(O)(P(=O)(O)O)P(=O)(O)O)cc1. The number of rotatable bonds is 8. The maximum Gasteiger partial charge on any atom is 0.407 e. The number of nitrogens with zero attached hydrogens (tertiary/aromatic N) is 1. The van der Waals surface area contributed by atoms with Crippen LogP contribution in [0.2, 0.25) is 0 Å². The number of alkyl carbamates (subject to hydrolysis) is 1. The Hall–Kier alpha value is -1.36.